The number of carbonyl (C=O) groups excluding carboxylic acids is 3. The third-order valence-corrected chi connectivity index (χ3v) is 6.81. The first-order chi connectivity index (χ1) is 18.1. The first-order valence-corrected chi connectivity index (χ1v) is 12.6. The van der Waals surface area contributed by atoms with Crippen LogP contribution in [0.5, 0.6) is 11.5 Å². The van der Waals surface area contributed by atoms with Crippen molar-refractivity contribution >= 4 is 81.4 Å². The zero-order valence-corrected chi connectivity index (χ0v) is 23.1. The fraction of sp³-hybridized carbons (Fsp3) is 0.0769. The second-order valence-electron chi connectivity index (χ2n) is 7.87. The lowest BCUT2D eigenvalue weighted by Gasteiger charge is -2.26. The van der Waals surface area contributed by atoms with Gasteiger partial charge in [-0.05, 0) is 82.8 Å². The number of nitrogens with one attached hydrogen (secondary N) is 1. The van der Waals surface area contributed by atoms with E-state index in [1.807, 2.05) is 22.6 Å². The zero-order chi connectivity index (χ0) is 27.6. The quantitative estimate of drug-likeness (QED) is 0.193. The molecule has 0 saturated carbocycles. The molecule has 2 N–H and O–H groups in total. The molecule has 4 rings (SSSR count). The number of urea groups is 1. The van der Waals surface area contributed by atoms with Crippen LogP contribution in [0.25, 0.3) is 6.08 Å². The van der Waals surface area contributed by atoms with Gasteiger partial charge in [-0.15, -0.1) is 0 Å². The SMILES string of the molecule is COc1cc(/C=C2\C(=O)NC(=O)N(c3ccc(C(=O)O)cc3)C2=O)cc(I)c1OCc1ccc(Cl)cc1Cl. The summed E-state index contributed by atoms with van der Waals surface area (Å²) < 4.78 is 12.0. The summed E-state index contributed by atoms with van der Waals surface area (Å²) in [5.74, 6) is -2.13. The number of nitrogens with zero attached hydrogens (tertiary/aromatic N) is 1. The molecule has 4 amide bonds. The molecule has 3 aromatic rings. The van der Waals surface area contributed by atoms with Gasteiger partial charge in [-0.25, -0.2) is 14.5 Å². The maximum Gasteiger partial charge on any atom is 0.335 e. The fourth-order valence-electron chi connectivity index (χ4n) is 3.56. The Balaban J connectivity index is 1.63. The van der Waals surface area contributed by atoms with Gasteiger partial charge in [-0.3, -0.25) is 14.9 Å². The lowest BCUT2D eigenvalue weighted by Crippen LogP contribution is -2.54. The third-order valence-electron chi connectivity index (χ3n) is 5.42. The summed E-state index contributed by atoms with van der Waals surface area (Å²) in [4.78, 5) is 50.0. The van der Waals surface area contributed by atoms with Crippen molar-refractivity contribution in [3.8, 4) is 11.5 Å². The van der Waals surface area contributed by atoms with E-state index >= 15 is 0 Å². The molecule has 1 heterocycles. The van der Waals surface area contributed by atoms with E-state index in [1.54, 1.807) is 30.3 Å². The predicted molar refractivity (Wildman–Crippen MR) is 149 cm³/mol. The standard InChI is InChI=1S/C26H17Cl2IN2O7/c1-37-21-10-13(9-20(29)22(21)38-12-15-2-5-16(27)11-19(15)28)8-18-23(32)30-26(36)31(24(18)33)17-6-3-14(4-7-17)25(34)35/h2-11H,12H2,1H3,(H,34,35)(H,30,32,36)/b18-8+. The number of carboxylic acid groups (broad SMARTS) is 1. The Bertz CT molecular complexity index is 1510. The topological polar surface area (TPSA) is 122 Å². The number of ether oxygens (including phenoxy) is 2. The highest BCUT2D eigenvalue weighted by Gasteiger charge is 2.37. The molecule has 1 aliphatic heterocycles. The Morgan fingerprint density at radius 3 is 2.42 bits per heavy atom. The lowest BCUT2D eigenvalue weighted by molar-refractivity contribution is -0.122. The van der Waals surface area contributed by atoms with Gasteiger partial charge in [-0.2, -0.15) is 0 Å². The first-order valence-electron chi connectivity index (χ1n) is 10.8. The minimum absolute atomic E-state index is 0.0206. The van der Waals surface area contributed by atoms with Crippen LogP contribution < -0.4 is 19.7 Å². The Kier molecular flexibility index (Phi) is 8.24. The highest BCUT2D eigenvalue weighted by atomic mass is 127. The van der Waals surface area contributed by atoms with Crippen LogP contribution in [-0.2, 0) is 16.2 Å². The monoisotopic (exact) mass is 666 g/mol. The molecular weight excluding hydrogens is 650 g/mol. The van der Waals surface area contributed by atoms with Crippen molar-refractivity contribution in [1.82, 2.24) is 5.32 Å². The number of amides is 4. The van der Waals surface area contributed by atoms with Crippen molar-refractivity contribution < 1.29 is 33.8 Å². The molecule has 0 bridgehead atoms. The second-order valence-corrected chi connectivity index (χ2v) is 9.87. The number of hydrogen-bond donors (Lipinski definition) is 2. The number of benzene rings is 3. The summed E-state index contributed by atoms with van der Waals surface area (Å²) in [6.45, 7) is 0.140. The van der Waals surface area contributed by atoms with Gasteiger partial charge in [0.1, 0.15) is 12.2 Å². The summed E-state index contributed by atoms with van der Waals surface area (Å²) in [5.41, 5.74) is 0.940. The molecule has 0 unspecified atom stereocenters. The van der Waals surface area contributed by atoms with Gasteiger partial charge in [0.2, 0.25) is 0 Å². The van der Waals surface area contributed by atoms with Gasteiger partial charge < -0.3 is 14.6 Å². The van der Waals surface area contributed by atoms with E-state index in [0.717, 1.165) is 4.90 Å². The average molecular weight is 667 g/mol. The summed E-state index contributed by atoms with van der Waals surface area (Å²) in [5, 5.41) is 12.2. The number of halogens is 3. The van der Waals surface area contributed by atoms with E-state index < -0.39 is 23.8 Å². The second kappa shape index (κ2) is 11.4. The number of anilines is 1. The van der Waals surface area contributed by atoms with E-state index in [2.05, 4.69) is 5.32 Å². The van der Waals surface area contributed by atoms with Crippen LogP contribution in [0.3, 0.4) is 0 Å². The molecule has 0 spiro atoms. The minimum atomic E-state index is -1.16. The molecule has 3 aromatic carbocycles. The van der Waals surface area contributed by atoms with Crippen molar-refractivity contribution in [1.29, 1.82) is 0 Å². The normalized spacial score (nSPS) is 14.5. The molecule has 1 aliphatic rings. The van der Waals surface area contributed by atoms with Crippen molar-refractivity contribution in [3.63, 3.8) is 0 Å². The summed E-state index contributed by atoms with van der Waals surface area (Å²) in [6.07, 6.45) is 1.33. The van der Waals surface area contributed by atoms with Gasteiger partial charge in [-0.1, -0.05) is 29.3 Å². The van der Waals surface area contributed by atoms with E-state index in [-0.39, 0.29) is 23.4 Å². The number of methoxy groups -OCH3 is 1. The maximum absolute atomic E-state index is 13.2. The molecule has 0 aromatic heterocycles. The molecule has 0 aliphatic carbocycles. The highest BCUT2D eigenvalue weighted by Crippen LogP contribution is 2.36. The third kappa shape index (κ3) is 5.77. The van der Waals surface area contributed by atoms with E-state index in [0.29, 0.717) is 36.2 Å². The number of imide groups is 2. The maximum atomic E-state index is 13.2. The van der Waals surface area contributed by atoms with E-state index in [1.165, 1.54) is 37.5 Å². The van der Waals surface area contributed by atoms with Crippen LogP contribution in [0.2, 0.25) is 10.0 Å². The van der Waals surface area contributed by atoms with Crippen molar-refractivity contribution in [2.45, 2.75) is 6.61 Å². The van der Waals surface area contributed by atoms with Gasteiger partial charge in [0, 0.05) is 15.6 Å². The van der Waals surface area contributed by atoms with Crippen LogP contribution in [0.15, 0.2) is 60.2 Å². The largest absolute Gasteiger partial charge is 0.493 e. The lowest BCUT2D eigenvalue weighted by atomic mass is 10.1. The average Bonchev–Trinajstić information content (AvgIpc) is 2.86. The smallest absolute Gasteiger partial charge is 0.335 e. The summed E-state index contributed by atoms with van der Waals surface area (Å²) in [7, 11) is 1.45. The molecule has 12 heteroatoms. The van der Waals surface area contributed by atoms with Crippen molar-refractivity contribution in [2.24, 2.45) is 0 Å². The zero-order valence-electron chi connectivity index (χ0n) is 19.5. The van der Waals surface area contributed by atoms with Gasteiger partial charge >= 0.3 is 12.0 Å². The van der Waals surface area contributed by atoms with Crippen LogP contribution in [0.4, 0.5) is 10.5 Å². The van der Waals surface area contributed by atoms with E-state index in [9.17, 15) is 19.2 Å². The Labute approximate surface area is 240 Å². The molecule has 1 fully saturated rings. The molecular formula is C26H17Cl2IN2O7. The van der Waals surface area contributed by atoms with Crippen LogP contribution in [0.1, 0.15) is 21.5 Å². The summed E-state index contributed by atoms with van der Waals surface area (Å²) >= 11 is 14.2. The van der Waals surface area contributed by atoms with Crippen LogP contribution >= 0.6 is 45.8 Å². The van der Waals surface area contributed by atoms with Gasteiger partial charge in [0.05, 0.1) is 21.9 Å². The Morgan fingerprint density at radius 2 is 1.79 bits per heavy atom. The van der Waals surface area contributed by atoms with Crippen LogP contribution in [-0.4, -0.2) is 36.0 Å². The number of aromatic carboxylic acids is 1. The molecule has 38 heavy (non-hydrogen) atoms. The summed E-state index contributed by atoms with van der Waals surface area (Å²) in [6, 6.07) is 12.5. The Hall–Kier alpha value is -3.61. The number of hydrogen-bond acceptors (Lipinski definition) is 6. The predicted octanol–water partition coefficient (Wildman–Crippen LogP) is 5.55. The van der Waals surface area contributed by atoms with Gasteiger partial charge in [0.25, 0.3) is 11.8 Å². The van der Waals surface area contributed by atoms with Gasteiger partial charge in [0.15, 0.2) is 11.5 Å². The number of carbonyl (C=O) groups is 4. The van der Waals surface area contributed by atoms with E-state index in [4.69, 9.17) is 37.8 Å². The highest BCUT2D eigenvalue weighted by molar-refractivity contribution is 14.1. The molecule has 1 saturated heterocycles. The number of carboxylic acids is 1. The molecule has 9 nitrogen and oxygen atoms in total. The first kappa shape index (κ1) is 27.4. The van der Waals surface area contributed by atoms with Crippen molar-refractivity contribution in [2.75, 3.05) is 12.0 Å². The molecule has 194 valence electrons. The molecule has 0 atom stereocenters. The fourth-order valence-corrected chi connectivity index (χ4v) is 4.81. The number of rotatable bonds is 7. The molecule has 0 radical (unpaired) electrons. The Morgan fingerprint density at radius 1 is 1.08 bits per heavy atom. The van der Waals surface area contributed by atoms with Crippen molar-refractivity contribution in [3.05, 3.63) is 90.5 Å². The minimum Gasteiger partial charge on any atom is -0.493 e. The number of barbiturate groups is 1. The van der Waals surface area contributed by atoms with Crippen LogP contribution in [0, 0.1) is 3.57 Å².